The number of halogens is 3. The molecule has 0 radical (unpaired) electrons. The maximum absolute atomic E-state index is 5.97. The zero-order valence-corrected chi connectivity index (χ0v) is 14.1. The molecule has 2 aromatic rings. The SMILES string of the molecule is Clc1cccc(CCNCCc2ccc(Cl)c(Br)c2)c1. The summed E-state index contributed by atoms with van der Waals surface area (Å²) in [5.74, 6) is 0. The molecule has 0 amide bonds. The van der Waals surface area contributed by atoms with E-state index >= 15 is 0 Å². The van der Waals surface area contributed by atoms with Gasteiger partial charge in [-0.1, -0.05) is 41.4 Å². The lowest BCUT2D eigenvalue weighted by Crippen LogP contribution is -2.20. The lowest BCUT2D eigenvalue weighted by molar-refractivity contribution is 0.681. The molecular weight excluding hydrogens is 357 g/mol. The minimum Gasteiger partial charge on any atom is -0.316 e. The van der Waals surface area contributed by atoms with Gasteiger partial charge in [-0.05, 0) is 77.3 Å². The molecule has 0 aromatic heterocycles. The Labute approximate surface area is 138 Å². The normalized spacial score (nSPS) is 10.8. The molecule has 0 aliphatic rings. The number of hydrogen-bond acceptors (Lipinski definition) is 1. The van der Waals surface area contributed by atoms with E-state index in [0.29, 0.717) is 0 Å². The Morgan fingerprint density at radius 3 is 2.25 bits per heavy atom. The van der Waals surface area contributed by atoms with Crippen molar-refractivity contribution in [2.45, 2.75) is 12.8 Å². The zero-order chi connectivity index (χ0) is 14.4. The fraction of sp³-hybridized carbons (Fsp3) is 0.250. The molecule has 2 aromatic carbocycles. The van der Waals surface area contributed by atoms with Gasteiger partial charge >= 0.3 is 0 Å². The largest absolute Gasteiger partial charge is 0.316 e. The number of benzene rings is 2. The third kappa shape index (κ3) is 5.10. The van der Waals surface area contributed by atoms with E-state index in [0.717, 1.165) is 40.4 Å². The van der Waals surface area contributed by atoms with Crippen LogP contribution < -0.4 is 5.32 Å². The molecular formula is C16H16BrCl2N. The van der Waals surface area contributed by atoms with Crippen molar-refractivity contribution in [1.82, 2.24) is 5.32 Å². The summed E-state index contributed by atoms with van der Waals surface area (Å²) in [6.45, 7) is 1.91. The summed E-state index contributed by atoms with van der Waals surface area (Å²) in [4.78, 5) is 0. The Kier molecular flexibility index (Phi) is 6.37. The molecule has 0 heterocycles. The second kappa shape index (κ2) is 8.04. The van der Waals surface area contributed by atoms with Crippen LogP contribution in [0.4, 0.5) is 0 Å². The van der Waals surface area contributed by atoms with E-state index < -0.39 is 0 Å². The summed E-state index contributed by atoms with van der Waals surface area (Å²) in [5.41, 5.74) is 2.54. The zero-order valence-electron chi connectivity index (χ0n) is 11.0. The first kappa shape index (κ1) is 15.8. The van der Waals surface area contributed by atoms with Gasteiger partial charge in [-0.3, -0.25) is 0 Å². The molecule has 20 heavy (non-hydrogen) atoms. The highest BCUT2D eigenvalue weighted by Crippen LogP contribution is 2.23. The molecule has 0 saturated carbocycles. The highest BCUT2D eigenvalue weighted by atomic mass is 79.9. The smallest absolute Gasteiger partial charge is 0.0548 e. The van der Waals surface area contributed by atoms with Gasteiger partial charge in [0.2, 0.25) is 0 Å². The van der Waals surface area contributed by atoms with E-state index in [1.165, 1.54) is 11.1 Å². The topological polar surface area (TPSA) is 12.0 Å². The van der Waals surface area contributed by atoms with Crippen molar-refractivity contribution >= 4 is 39.1 Å². The van der Waals surface area contributed by atoms with Crippen LogP contribution in [0, 0.1) is 0 Å². The highest BCUT2D eigenvalue weighted by Gasteiger charge is 1.99. The predicted molar refractivity (Wildman–Crippen MR) is 90.9 cm³/mol. The van der Waals surface area contributed by atoms with Gasteiger partial charge in [0.1, 0.15) is 0 Å². The van der Waals surface area contributed by atoms with Crippen LogP contribution in [0.25, 0.3) is 0 Å². The third-order valence-corrected chi connectivity index (χ3v) is 4.50. The first-order valence-electron chi connectivity index (χ1n) is 6.54. The first-order valence-corrected chi connectivity index (χ1v) is 8.09. The van der Waals surface area contributed by atoms with Crippen LogP contribution in [0.2, 0.25) is 10.0 Å². The van der Waals surface area contributed by atoms with E-state index in [1.807, 2.05) is 24.3 Å². The Morgan fingerprint density at radius 2 is 1.60 bits per heavy atom. The quantitative estimate of drug-likeness (QED) is 0.693. The first-order chi connectivity index (χ1) is 9.65. The number of rotatable bonds is 6. The fourth-order valence-electron chi connectivity index (χ4n) is 1.98. The summed E-state index contributed by atoms with van der Waals surface area (Å²) in [5, 5.41) is 5.00. The van der Waals surface area contributed by atoms with Gasteiger partial charge in [0.25, 0.3) is 0 Å². The maximum atomic E-state index is 5.97. The maximum Gasteiger partial charge on any atom is 0.0548 e. The van der Waals surface area contributed by atoms with Crippen molar-refractivity contribution in [1.29, 1.82) is 0 Å². The van der Waals surface area contributed by atoms with Crippen LogP contribution in [0.3, 0.4) is 0 Å². The lowest BCUT2D eigenvalue weighted by atomic mass is 10.1. The molecule has 2 rings (SSSR count). The van der Waals surface area contributed by atoms with Gasteiger partial charge in [-0.2, -0.15) is 0 Å². The summed E-state index contributed by atoms with van der Waals surface area (Å²) < 4.78 is 0.954. The second-order valence-corrected chi connectivity index (χ2v) is 6.33. The van der Waals surface area contributed by atoms with Gasteiger partial charge in [0, 0.05) is 9.50 Å². The minimum absolute atomic E-state index is 0.752. The van der Waals surface area contributed by atoms with Crippen molar-refractivity contribution in [3.05, 3.63) is 68.1 Å². The van der Waals surface area contributed by atoms with Crippen LogP contribution in [0.5, 0.6) is 0 Å². The van der Waals surface area contributed by atoms with E-state index in [-0.39, 0.29) is 0 Å². The summed E-state index contributed by atoms with van der Waals surface area (Å²) in [6, 6.07) is 14.1. The molecule has 0 spiro atoms. The summed E-state index contributed by atoms with van der Waals surface area (Å²) in [7, 11) is 0. The van der Waals surface area contributed by atoms with Crippen LogP contribution in [0.15, 0.2) is 46.9 Å². The molecule has 0 atom stereocenters. The van der Waals surface area contributed by atoms with E-state index in [1.54, 1.807) is 0 Å². The van der Waals surface area contributed by atoms with Crippen molar-refractivity contribution in [3.8, 4) is 0 Å². The minimum atomic E-state index is 0.752. The van der Waals surface area contributed by atoms with Gasteiger partial charge in [0.05, 0.1) is 5.02 Å². The molecule has 0 bridgehead atoms. The Bertz CT molecular complexity index is 572. The van der Waals surface area contributed by atoms with Crippen LogP contribution in [-0.2, 0) is 12.8 Å². The Hall–Kier alpha value is -0.540. The molecule has 4 heteroatoms. The molecule has 0 fully saturated rings. The molecule has 1 nitrogen and oxygen atoms in total. The standard InChI is InChI=1S/C16H16BrCl2N/c17-15-11-13(4-5-16(15)19)7-9-20-8-6-12-2-1-3-14(18)10-12/h1-5,10-11,20H,6-9H2. The van der Waals surface area contributed by atoms with E-state index in [9.17, 15) is 0 Å². The second-order valence-electron chi connectivity index (χ2n) is 4.63. The number of hydrogen-bond donors (Lipinski definition) is 1. The van der Waals surface area contributed by atoms with Crippen LogP contribution in [-0.4, -0.2) is 13.1 Å². The van der Waals surface area contributed by atoms with Crippen molar-refractivity contribution in [3.63, 3.8) is 0 Å². The lowest BCUT2D eigenvalue weighted by Gasteiger charge is -2.06. The van der Waals surface area contributed by atoms with Gasteiger partial charge in [-0.15, -0.1) is 0 Å². The number of nitrogens with one attached hydrogen (secondary N) is 1. The monoisotopic (exact) mass is 371 g/mol. The van der Waals surface area contributed by atoms with E-state index in [2.05, 4.69) is 39.4 Å². The van der Waals surface area contributed by atoms with Gasteiger partial charge in [-0.25, -0.2) is 0 Å². The van der Waals surface area contributed by atoms with Crippen molar-refractivity contribution in [2.75, 3.05) is 13.1 Å². The third-order valence-electron chi connectivity index (χ3n) is 3.05. The molecule has 0 unspecified atom stereocenters. The molecule has 106 valence electrons. The molecule has 0 saturated heterocycles. The Balaban J connectivity index is 1.70. The molecule has 1 N–H and O–H groups in total. The van der Waals surface area contributed by atoms with Crippen LogP contribution in [0.1, 0.15) is 11.1 Å². The van der Waals surface area contributed by atoms with Crippen molar-refractivity contribution < 1.29 is 0 Å². The average molecular weight is 373 g/mol. The van der Waals surface area contributed by atoms with Gasteiger partial charge < -0.3 is 5.32 Å². The van der Waals surface area contributed by atoms with Gasteiger partial charge in [0.15, 0.2) is 0 Å². The van der Waals surface area contributed by atoms with Crippen LogP contribution >= 0.6 is 39.1 Å². The highest BCUT2D eigenvalue weighted by molar-refractivity contribution is 9.10. The summed E-state index contributed by atoms with van der Waals surface area (Å²) >= 11 is 15.4. The average Bonchev–Trinajstić information content (AvgIpc) is 2.42. The Morgan fingerprint density at radius 1 is 0.900 bits per heavy atom. The molecule has 0 aliphatic carbocycles. The van der Waals surface area contributed by atoms with E-state index in [4.69, 9.17) is 23.2 Å². The fourth-order valence-corrected chi connectivity index (χ4v) is 2.73. The van der Waals surface area contributed by atoms with Crippen molar-refractivity contribution in [2.24, 2.45) is 0 Å². The summed E-state index contributed by atoms with van der Waals surface area (Å²) in [6.07, 6.45) is 1.98. The molecule has 0 aliphatic heterocycles. The predicted octanol–water partition coefficient (Wildman–Crippen LogP) is 5.13.